The minimum absolute atomic E-state index is 0.916. The fraction of sp³-hybridized carbons (Fsp3) is 0. The fourth-order valence-corrected chi connectivity index (χ4v) is 10.4. The van der Waals surface area contributed by atoms with E-state index >= 15 is 0 Å². The second-order valence-electron chi connectivity index (χ2n) is 15.7. The maximum absolute atomic E-state index is 6.40. The van der Waals surface area contributed by atoms with Gasteiger partial charge in [0.2, 0.25) is 0 Å². The van der Waals surface area contributed by atoms with Crippen molar-refractivity contribution in [2.75, 3.05) is 4.90 Å². The maximum atomic E-state index is 6.40. The van der Waals surface area contributed by atoms with E-state index in [-0.39, 0.29) is 0 Å². The van der Waals surface area contributed by atoms with Crippen LogP contribution < -0.4 is 4.90 Å². The van der Waals surface area contributed by atoms with E-state index in [4.69, 9.17) is 4.42 Å². The van der Waals surface area contributed by atoms with Crippen LogP contribution in [-0.2, 0) is 0 Å². The van der Waals surface area contributed by atoms with Crippen LogP contribution in [0.5, 0.6) is 0 Å². The van der Waals surface area contributed by atoms with Crippen molar-refractivity contribution in [1.82, 2.24) is 0 Å². The molecule has 0 saturated carbocycles. The average molecular weight is 796 g/mol. The molecule has 0 saturated heterocycles. The Morgan fingerprint density at radius 3 is 1.30 bits per heavy atom. The third kappa shape index (κ3) is 6.09. The van der Waals surface area contributed by atoms with Crippen molar-refractivity contribution in [3.63, 3.8) is 0 Å². The summed E-state index contributed by atoms with van der Waals surface area (Å²) in [6.07, 6.45) is 0. The Morgan fingerprint density at radius 2 is 0.754 bits per heavy atom. The van der Waals surface area contributed by atoms with Crippen molar-refractivity contribution in [3.05, 3.63) is 224 Å². The summed E-state index contributed by atoms with van der Waals surface area (Å²) in [5.41, 5.74) is 14.8. The third-order valence-electron chi connectivity index (χ3n) is 12.1. The van der Waals surface area contributed by atoms with Gasteiger partial charge in [0.25, 0.3) is 0 Å². The molecule has 0 N–H and O–H groups in total. The highest BCUT2D eigenvalue weighted by atomic mass is 32.1. The first kappa shape index (κ1) is 35.2. The topological polar surface area (TPSA) is 16.4 Å². The number of furan rings is 1. The molecule has 0 spiro atoms. The van der Waals surface area contributed by atoms with Crippen LogP contribution in [-0.4, -0.2) is 0 Å². The van der Waals surface area contributed by atoms with E-state index in [2.05, 4.69) is 223 Å². The molecule has 12 rings (SSSR count). The summed E-state index contributed by atoms with van der Waals surface area (Å²) in [6.45, 7) is 0. The molecule has 0 atom stereocenters. The highest BCUT2D eigenvalue weighted by molar-refractivity contribution is 7.27. The zero-order valence-electron chi connectivity index (χ0n) is 33.1. The molecule has 2 aromatic heterocycles. The van der Waals surface area contributed by atoms with Gasteiger partial charge in [0.15, 0.2) is 0 Å². The molecule has 2 nitrogen and oxygen atoms in total. The lowest BCUT2D eigenvalue weighted by Crippen LogP contribution is -2.10. The SMILES string of the molecule is c1ccc(-c2ccc(-c3ccc(N(c4ccc(-c5ccc(-c6ccccc6)cc5)cc4)c4c5ccccc5cc5c4sc4c5ccc5oc6ccccc6c54)cc3)cc2)cc1. The lowest BCUT2D eigenvalue weighted by atomic mass is 9.98. The zero-order chi connectivity index (χ0) is 40.3. The van der Waals surface area contributed by atoms with E-state index in [0.29, 0.717) is 0 Å². The molecule has 3 heteroatoms. The number of rotatable bonds is 7. The molecule has 0 unspecified atom stereocenters. The van der Waals surface area contributed by atoms with Crippen LogP contribution in [0.15, 0.2) is 229 Å². The summed E-state index contributed by atoms with van der Waals surface area (Å²) in [4.78, 5) is 2.47. The Bertz CT molecular complexity index is 3400. The summed E-state index contributed by atoms with van der Waals surface area (Å²) < 4.78 is 8.89. The molecule has 12 aromatic rings. The highest BCUT2D eigenvalue weighted by Gasteiger charge is 2.23. The van der Waals surface area contributed by atoms with Crippen molar-refractivity contribution >= 4 is 81.3 Å². The molecular weight excluding hydrogens is 759 g/mol. The standard InChI is InChI=1S/C58H37NOS/c1-3-11-38(12-4-1)40-19-23-42(24-20-40)44-27-31-47(32-28-44)59(48-33-29-45(30-34-48)43-25-21-41(22-26-43)39-13-5-2-6-14-39)56-49-16-8-7-15-46(49)37-52-50-35-36-54-55(57(50)61-58(52)56)51-17-9-10-18-53(51)60-54/h1-37H. The van der Waals surface area contributed by atoms with Gasteiger partial charge in [0.1, 0.15) is 11.2 Å². The highest BCUT2D eigenvalue weighted by Crippen LogP contribution is 2.51. The van der Waals surface area contributed by atoms with Crippen LogP contribution in [0, 0.1) is 0 Å². The molecule has 0 radical (unpaired) electrons. The monoisotopic (exact) mass is 795 g/mol. The second-order valence-corrected chi connectivity index (χ2v) is 16.7. The van der Waals surface area contributed by atoms with Crippen LogP contribution >= 0.6 is 11.3 Å². The number of thiophene rings is 1. The predicted octanol–water partition coefficient (Wildman–Crippen LogP) is 17.2. The predicted molar refractivity (Wildman–Crippen MR) is 261 cm³/mol. The molecule has 0 amide bonds. The van der Waals surface area contributed by atoms with Gasteiger partial charge in [-0.25, -0.2) is 0 Å². The summed E-state index contributed by atoms with van der Waals surface area (Å²) in [5, 5.41) is 7.23. The Morgan fingerprint density at radius 1 is 0.311 bits per heavy atom. The number of hydrogen-bond acceptors (Lipinski definition) is 3. The van der Waals surface area contributed by atoms with E-state index in [9.17, 15) is 0 Å². The van der Waals surface area contributed by atoms with Crippen molar-refractivity contribution in [1.29, 1.82) is 0 Å². The lowest BCUT2D eigenvalue weighted by molar-refractivity contribution is 0.669. The van der Waals surface area contributed by atoms with Crippen molar-refractivity contribution in [3.8, 4) is 44.5 Å². The Kier molecular flexibility index (Phi) is 8.39. The first-order chi connectivity index (χ1) is 30.2. The number of hydrogen-bond donors (Lipinski definition) is 0. The number of nitrogens with zero attached hydrogens (tertiary/aromatic N) is 1. The molecule has 286 valence electrons. The molecular formula is C58H37NOS. The van der Waals surface area contributed by atoms with Crippen LogP contribution in [0.25, 0.3) is 97.4 Å². The van der Waals surface area contributed by atoms with E-state index in [1.165, 1.54) is 86.5 Å². The Hall–Kier alpha value is -7.72. The van der Waals surface area contributed by atoms with Crippen molar-refractivity contribution in [2.45, 2.75) is 0 Å². The Labute approximate surface area is 357 Å². The van der Waals surface area contributed by atoms with Gasteiger partial charge in [0.05, 0.1) is 10.4 Å². The van der Waals surface area contributed by atoms with Crippen LogP contribution in [0.3, 0.4) is 0 Å². The average Bonchev–Trinajstić information content (AvgIpc) is 3.91. The van der Waals surface area contributed by atoms with E-state index in [1.54, 1.807) is 0 Å². The van der Waals surface area contributed by atoms with E-state index in [1.807, 2.05) is 17.4 Å². The third-order valence-corrected chi connectivity index (χ3v) is 13.3. The van der Waals surface area contributed by atoms with Crippen molar-refractivity contribution < 1.29 is 4.42 Å². The first-order valence-corrected chi connectivity index (χ1v) is 21.6. The van der Waals surface area contributed by atoms with Crippen LogP contribution in [0.4, 0.5) is 17.1 Å². The molecule has 0 fully saturated rings. The van der Waals surface area contributed by atoms with Gasteiger partial charge >= 0.3 is 0 Å². The van der Waals surface area contributed by atoms with E-state index in [0.717, 1.165) is 27.9 Å². The second kappa shape index (κ2) is 14.5. The molecule has 0 bridgehead atoms. The van der Waals surface area contributed by atoms with Gasteiger partial charge in [-0.3, -0.25) is 0 Å². The van der Waals surface area contributed by atoms with E-state index < -0.39 is 0 Å². The quantitative estimate of drug-likeness (QED) is 0.160. The van der Waals surface area contributed by atoms with Gasteiger partial charge in [0, 0.05) is 43.0 Å². The molecule has 0 aliphatic carbocycles. The van der Waals surface area contributed by atoms with Crippen molar-refractivity contribution in [2.24, 2.45) is 0 Å². The molecule has 2 heterocycles. The van der Waals surface area contributed by atoms with Gasteiger partial charge in [-0.1, -0.05) is 176 Å². The molecule has 0 aliphatic heterocycles. The number of benzene rings is 10. The number of fused-ring (bicyclic) bond motifs is 8. The summed E-state index contributed by atoms with van der Waals surface area (Å²) in [5.74, 6) is 0. The van der Waals surface area contributed by atoms with Gasteiger partial charge in [-0.2, -0.15) is 0 Å². The maximum Gasteiger partial charge on any atom is 0.136 e. The number of anilines is 3. The molecule has 0 aliphatic rings. The van der Waals surface area contributed by atoms with Gasteiger partial charge in [-0.15, -0.1) is 11.3 Å². The Balaban J connectivity index is 1.03. The number of para-hydroxylation sites is 1. The summed E-state index contributed by atoms with van der Waals surface area (Å²) in [6, 6.07) is 81.1. The minimum Gasteiger partial charge on any atom is -0.456 e. The largest absolute Gasteiger partial charge is 0.456 e. The molecule has 10 aromatic carbocycles. The minimum atomic E-state index is 0.916. The summed E-state index contributed by atoms with van der Waals surface area (Å²) in [7, 11) is 0. The molecule has 61 heavy (non-hydrogen) atoms. The zero-order valence-corrected chi connectivity index (χ0v) is 33.9. The fourth-order valence-electron chi connectivity index (χ4n) is 9.02. The van der Waals surface area contributed by atoms with Gasteiger partial charge in [-0.05, 0) is 98.4 Å². The summed E-state index contributed by atoms with van der Waals surface area (Å²) >= 11 is 1.87. The lowest BCUT2D eigenvalue weighted by Gasteiger charge is -2.28. The van der Waals surface area contributed by atoms with Crippen LogP contribution in [0.1, 0.15) is 0 Å². The normalized spacial score (nSPS) is 11.6. The van der Waals surface area contributed by atoms with Crippen LogP contribution in [0.2, 0.25) is 0 Å². The van der Waals surface area contributed by atoms with Gasteiger partial charge < -0.3 is 9.32 Å². The smallest absolute Gasteiger partial charge is 0.136 e. The first-order valence-electron chi connectivity index (χ1n) is 20.7.